The first-order valence-electron chi connectivity index (χ1n) is 7.09. The molecule has 116 valence electrons. The Labute approximate surface area is 166 Å². The molecule has 0 aliphatic carbocycles. The minimum Gasteiger partial charge on any atom is -0.545 e. The molecule has 0 bridgehead atoms. The Morgan fingerprint density at radius 3 is 2.65 bits per heavy atom. The number of carboxylic acid groups (broad SMARTS) is 1. The van der Waals surface area contributed by atoms with Gasteiger partial charge in [0.05, 0.1) is 5.97 Å². The van der Waals surface area contributed by atoms with Gasteiger partial charge in [0, 0.05) is 22.3 Å². The number of phenols is 1. The molecule has 0 amide bonds. The van der Waals surface area contributed by atoms with Crippen LogP contribution in [0.5, 0.6) is 5.75 Å². The summed E-state index contributed by atoms with van der Waals surface area (Å²) in [6.07, 6.45) is 3.00. The van der Waals surface area contributed by atoms with Gasteiger partial charge in [-0.15, -0.1) is 0 Å². The summed E-state index contributed by atoms with van der Waals surface area (Å²) in [4.78, 5) is 10.8. The number of halogens is 1. The summed E-state index contributed by atoms with van der Waals surface area (Å²) in [6, 6.07) is 12.6. The van der Waals surface area contributed by atoms with Crippen molar-refractivity contribution in [3.8, 4) is 5.75 Å². The van der Waals surface area contributed by atoms with Crippen molar-refractivity contribution in [2.45, 2.75) is 19.3 Å². The molecule has 0 aliphatic heterocycles. The van der Waals surface area contributed by atoms with Gasteiger partial charge in [-0.2, -0.15) is 0 Å². The van der Waals surface area contributed by atoms with Crippen LogP contribution in [0.15, 0.2) is 46.9 Å². The van der Waals surface area contributed by atoms with Gasteiger partial charge in [0.15, 0.2) is 0 Å². The zero-order valence-corrected chi connectivity index (χ0v) is 16.6. The van der Waals surface area contributed by atoms with Gasteiger partial charge >= 0.3 is 29.6 Å². The van der Waals surface area contributed by atoms with E-state index in [1.54, 1.807) is 6.07 Å². The van der Waals surface area contributed by atoms with Crippen molar-refractivity contribution < 1.29 is 44.6 Å². The van der Waals surface area contributed by atoms with Gasteiger partial charge in [-0.1, -0.05) is 28.1 Å². The molecule has 6 heteroatoms. The fraction of sp³-hybridized carbons (Fsp3) is 0.235. The van der Waals surface area contributed by atoms with Crippen LogP contribution in [0.2, 0.25) is 0 Å². The molecule has 0 saturated heterocycles. The first kappa shape index (κ1) is 20.0. The van der Waals surface area contributed by atoms with Crippen LogP contribution in [0.1, 0.15) is 28.8 Å². The summed E-state index contributed by atoms with van der Waals surface area (Å²) in [7, 11) is 0. The monoisotopic (exact) mass is 385 g/mol. The fourth-order valence-corrected chi connectivity index (χ4v) is 2.64. The molecule has 0 spiro atoms. The van der Waals surface area contributed by atoms with Crippen LogP contribution in [-0.2, 0) is 6.42 Å². The quantitative estimate of drug-likeness (QED) is 0.398. The summed E-state index contributed by atoms with van der Waals surface area (Å²) in [5.74, 6) is -1.66. The van der Waals surface area contributed by atoms with Crippen LogP contribution in [0.4, 0.5) is 5.69 Å². The molecule has 0 aromatic heterocycles. The summed E-state index contributed by atoms with van der Waals surface area (Å²) in [5.41, 5.74) is 1.76. The van der Waals surface area contributed by atoms with E-state index in [1.165, 1.54) is 17.7 Å². The van der Waals surface area contributed by atoms with Crippen LogP contribution >= 0.6 is 15.9 Å². The molecule has 2 N–H and O–H groups in total. The number of anilines is 1. The molecule has 0 heterocycles. The second kappa shape index (κ2) is 9.98. The maximum atomic E-state index is 10.8. The first-order chi connectivity index (χ1) is 10.6. The summed E-state index contributed by atoms with van der Waals surface area (Å²) >= 11 is 3.45. The van der Waals surface area contributed by atoms with Gasteiger partial charge in [-0.05, 0) is 55.2 Å². The van der Waals surface area contributed by atoms with Gasteiger partial charge in [-0.3, -0.25) is 0 Å². The number of hydrogen-bond donors (Lipinski definition) is 2. The SMILES string of the molecule is O=C([O-])c1cc(NCCCCc2cccc(Br)c2)ccc1O.[Na+]. The second-order valence-electron chi connectivity index (χ2n) is 5.03. The van der Waals surface area contributed by atoms with Crippen LogP contribution in [0, 0.1) is 0 Å². The van der Waals surface area contributed by atoms with Crippen LogP contribution in [0.25, 0.3) is 0 Å². The van der Waals surface area contributed by atoms with E-state index in [-0.39, 0.29) is 40.9 Å². The number of aromatic carboxylic acids is 1. The second-order valence-corrected chi connectivity index (χ2v) is 5.95. The molecule has 0 aliphatic rings. The molecule has 0 atom stereocenters. The number of carboxylic acids is 1. The van der Waals surface area contributed by atoms with Crippen LogP contribution in [0.3, 0.4) is 0 Å². The Balaban J connectivity index is 0.00000264. The molecular weight excluding hydrogens is 369 g/mol. The van der Waals surface area contributed by atoms with Crippen molar-refractivity contribution >= 4 is 27.6 Å². The van der Waals surface area contributed by atoms with Crippen molar-refractivity contribution in [2.75, 3.05) is 11.9 Å². The maximum absolute atomic E-state index is 10.8. The third kappa shape index (κ3) is 6.55. The van der Waals surface area contributed by atoms with Crippen molar-refractivity contribution in [3.63, 3.8) is 0 Å². The van der Waals surface area contributed by atoms with Crippen LogP contribution < -0.4 is 40.0 Å². The van der Waals surface area contributed by atoms with Crippen molar-refractivity contribution in [1.82, 2.24) is 0 Å². The van der Waals surface area contributed by atoms with Gasteiger partial charge < -0.3 is 20.3 Å². The number of aryl methyl sites for hydroxylation is 1. The molecule has 0 fully saturated rings. The number of benzene rings is 2. The third-order valence-electron chi connectivity index (χ3n) is 3.33. The third-order valence-corrected chi connectivity index (χ3v) is 3.82. The molecular formula is C17H17BrNNaO3. The minimum absolute atomic E-state index is 0. The van der Waals surface area contributed by atoms with Crippen molar-refractivity contribution in [2.24, 2.45) is 0 Å². The normalized spacial score (nSPS) is 9.96. The standard InChI is InChI=1S/C17H18BrNO3.Na/c18-13-6-3-5-12(10-13)4-1-2-9-19-14-7-8-16(20)15(11-14)17(21)22;/h3,5-8,10-11,19-20H,1-2,4,9H2,(H,21,22);/q;+1/p-1. The van der Waals surface area contributed by atoms with E-state index in [0.29, 0.717) is 5.69 Å². The first-order valence-corrected chi connectivity index (χ1v) is 7.88. The van der Waals surface area contributed by atoms with E-state index in [0.717, 1.165) is 30.3 Å². The van der Waals surface area contributed by atoms with E-state index >= 15 is 0 Å². The smallest absolute Gasteiger partial charge is 0.545 e. The Hall–Kier alpha value is -1.01. The Kier molecular flexibility index (Phi) is 8.69. The molecule has 2 rings (SSSR count). The number of rotatable bonds is 7. The Morgan fingerprint density at radius 1 is 1.17 bits per heavy atom. The van der Waals surface area contributed by atoms with Gasteiger partial charge in [0.1, 0.15) is 5.75 Å². The van der Waals surface area contributed by atoms with Gasteiger partial charge in [0.25, 0.3) is 0 Å². The summed E-state index contributed by atoms with van der Waals surface area (Å²) in [6.45, 7) is 0.741. The number of aromatic hydroxyl groups is 1. The van der Waals surface area contributed by atoms with Crippen molar-refractivity contribution in [3.05, 3.63) is 58.1 Å². The predicted octanol–water partition coefficient (Wildman–Crippen LogP) is -0.0430. The predicted molar refractivity (Wildman–Crippen MR) is 88.0 cm³/mol. The van der Waals surface area contributed by atoms with E-state index in [9.17, 15) is 15.0 Å². The summed E-state index contributed by atoms with van der Waals surface area (Å²) < 4.78 is 1.09. The van der Waals surface area contributed by atoms with Gasteiger partial charge in [0.2, 0.25) is 0 Å². The number of unbranched alkanes of at least 4 members (excludes halogenated alkanes) is 1. The Bertz CT molecular complexity index is 664. The molecule has 4 nitrogen and oxygen atoms in total. The molecule has 0 unspecified atom stereocenters. The minimum atomic E-state index is -1.38. The topological polar surface area (TPSA) is 72.4 Å². The van der Waals surface area contributed by atoms with Crippen LogP contribution in [-0.4, -0.2) is 17.6 Å². The van der Waals surface area contributed by atoms with E-state index in [2.05, 4.69) is 33.4 Å². The van der Waals surface area contributed by atoms with Crippen molar-refractivity contribution in [1.29, 1.82) is 0 Å². The zero-order chi connectivity index (χ0) is 15.9. The van der Waals surface area contributed by atoms with E-state index in [1.807, 2.05) is 12.1 Å². The molecule has 2 aromatic rings. The van der Waals surface area contributed by atoms with E-state index in [4.69, 9.17) is 0 Å². The number of carbonyl (C=O) groups is 1. The number of carbonyl (C=O) groups excluding carboxylic acids is 1. The van der Waals surface area contributed by atoms with E-state index < -0.39 is 5.97 Å². The number of hydrogen-bond acceptors (Lipinski definition) is 4. The molecule has 2 aromatic carbocycles. The van der Waals surface area contributed by atoms with Gasteiger partial charge in [-0.25, -0.2) is 0 Å². The summed E-state index contributed by atoms with van der Waals surface area (Å²) in [5, 5.41) is 23.4. The maximum Gasteiger partial charge on any atom is 1.00 e. The number of nitrogens with one attached hydrogen (secondary N) is 1. The Morgan fingerprint density at radius 2 is 1.96 bits per heavy atom. The average molecular weight is 386 g/mol. The molecule has 23 heavy (non-hydrogen) atoms. The molecule has 0 saturated carbocycles. The zero-order valence-electron chi connectivity index (χ0n) is 13.0. The fourth-order valence-electron chi connectivity index (χ4n) is 2.19. The largest absolute Gasteiger partial charge is 1.00 e. The average Bonchev–Trinajstić information content (AvgIpc) is 2.48. The molecule has 0 radical (unpaired) electrons.